The van der Waals surface area contributed by atoms with Crippen LogP contribution in [0.2, 0.25) is 0 Å². The van der Waals surface area contributed by atoms with Crippen molar-refractivity contribution in [1.82, 2.24) is 0 Å². The van der Waals surface area contributed by atoms with Crippen molar-refractivity contribution in [3.8, 4) is 11.5 Å². The molecule has 0 aliphatic carbocycles. The first-order valence-corrected chi connectivity index (χ1v) is 12.2. The number of fused-ring (bicyclic) bond motifs is 1. The monoisotopic (exact) mass is 433 g/mol. The highest BCUT2D eigenvalue weighted by molar-refractivity contribution is 5.61. The summed E-state index contributed by atoms with van der Waals surface area (Å²) in [7, 11) is 0. The van der Waals surface area contributed by atoms with Gasteiger partial charge in [-0.1, -0.05) is 45.6 Å². The van der Waals surface area contributed by atoms with Gasteiger partial charge in [-0.2, -0.15) is 0 Å². The van der Waals surface area contributed by atoms with Gasteiger partial charge in [0.2, 0.25) is 13.1 Å². The molecule has 0 atom stereocenters. The lowest BCUT2D eigenvalue weighted by Gasteiger charge is -2.28. The molecular formula is C26H41O5. The second kappa shape index (κ2) is 15.3. The summed E-state index contributed by atoms with van der Waals surface area (Å²) in [6.07, 6.45) is 13.2. The molecule has 0 saturated carbocycles. The fourth-order valence-electron chi connectivity index (χ4n) is 3.91. The van der Waals surface area contributed by atoms with Gasteiger partial charge in [0.25, 0.3) is 0 Å². The van der Waals surface area contributed by atoms with Gasteiger partial charge in [-0.25, -0.2) is 0 Å². The van der Waals surface area contributed by atoms with Crippen LogP contribution < -0.4 is 9.47 Å². The molecule has 0 unspecified atom stereocenters. The van der Waals surface area contributed by atoms with E-state index in [1.165, 1.54) is 0 Å². The number of ether oxygens (including phenoxy) is 4. The van der Waals surface area contributed by atoms with Crippen LogP contribution in [-0.2, 0) is 20.7 Å². The van der Waals surface area contributed by atoms with Crippen LogP contribution in [0, 0.1) is 5.41 Å². The Hall–Kier alpha value is -1.59. The van der Waals surface area contributed by atoms with Crippen molar-refractivity contribution in [2.24, 2.45) is 5.41 Å². The van der Waals surface area contributed by atoms with Crippen molar-refractivity contribution < 1.29 is 23.7 Å². The molecule has 1 aromatic carbocycles. The van der Waals surface area contributed by atoms with Crippen LogP contribution in [0.3, 0.4) is 0 Å². The minimum absolute atomic E-state index is 0.264. The first-order chi connectivity index (χ1) is 15.2. The molecule has 0 amide bonds. The summed E-state index contributed by atoms with van der Waals surface area (Å²) in [5.74, 6) is 1.55. The smallest absolute Gasteiger partial charge is 0.231 e. The summed E-state index contributed by atoms with van der Waals surface area (Å²) in [4.78, 5) is 12.2. The van der Waals surface area contributed by atoms with Gasteiger partial charge in [0.05, 0.1) is 0 Å². The standard InChI is InChI=1S/C26H41O5/c1-3-5-15-28-17-9-7-13-26(21-27,14-8-10-18-29-16-6-4-2)20-23-11-12-24-25(19-23)31-22-30-24/h11-12,19H,3-10,13-18,20,22H2,1-2H3. The highest BCUT2D eigenvalue weighted by Crippen LogP contribution is 2.37. The van der Waals surface area contributed by atoms with Gasteiger partial charge in [0, 0.05) is 31.8 Å². The molecule has 0 spiro atoms. The van der Waals surface area contributed by atoms with Gasteiger partial charge >= 0.3 is 0 Å². The van der Waals surface area contributed by atoms with Crippen LogP contribution in [0.4, 0.5) is 0 Å². The normalized spacial score (nSPS) is 13.0. The van der Waals surface area contributed by atoms with E-state index >= 15 is 0 Å². The molecule has 1 heterocycles. The molecule has 1 radical (unpaired) electrons. The zero-order chi connectivity index (χ0) is 22.2. The summed E-state index contributed by atoms with van der Waals surface area (Å²) in [6, 6.07) is 5.99. The van der Waals surface area contributed by atoms with E-state index in [-0.39, 0.29) is 6.79 Å². The van der Waals surface area contributed by atoms with Crippen molar-refractivity contribution in [3.63, 3.8) is 0 Å². The molecule has 5 heteroatoms. The molecule has 1 aromatic rings. The summed E-state index contributed by atoms with van der Waals surface area (Å²) in [6.45, 7) is 7.80. The summed E-state index contributed by atoms with van der Waals surface area (Å²) < 4.78 is 22.3. The Morgan fingerprint density at radius 1 is 0.839 bits per heavy atom. The van der Waals surface area contributed by atoms with Gasteiger partial charge in [-0.05, 0) is 62.6 Å². The Labute approximate surface area is 188 Å². The lowest BCUT2D eigenvalue weighted by Crippen LogP contribution is -2.26. The van der Waals surface area contributed by atoms with Crippen LogP contribution in [0.1, 0.15) is 83.6 Å². The summed E-state index contributed by atoms with van der Waals surface area (Å²) >= 11 is 0. The lowest BCUT2D eigenvalue weighted by atomic mass is 9.75. The average molecular weight is 434 g/mol. The Bertz CT molecular complexity index is 598. The van der Waals surface area contributed by atoms with Crippen molar-refractivity contribution in [3.05, 3.63) is 23.8 Å². The van der Waals surface area contributed by atoms with Crippen molar-refractivity contribution >= 4 is 6.29 Å². The van der Waals surface area contributed by atoms with Crippen molar-refractivity contribution in [2.45, 2.75) is 84.5 Å². The van der Waals surface area contributed by atoms with Crippen LogP contribution >= 0.6 is 0 Å². The molecule has 2 rings (SSSR count). The van der Waals surface area contributed by atoms with E-state index in [1.54, 1.807) is 0 Å². The Balaban J connectivity index is 1.88. The van der Waals surface area contributed by atoms with Crippen molar-refractivity contribution in [1.29, 1.82) is 0 Å². The largest absolute Gasteiger partial charge is 0.454 e. The first-order valence-electron chi connectivity index (χ1n) is 12.2. The molecular weight excluding hydrogens is 392 g/mol. The molecule has 5 nitrogen and oxygen atoms in total. The Kier molecular flexibility index (Phi) is 12.6. The fourth-order valence-corrected chi connectivity index (χ4v) is 3.91. The molecule has 0 fully saturated rings. The molecule has 1 aliphatic heterocycles. The number of hydrogen-bond donors (Lipinski definition) is 0. The van der Waals surface area contributed by atoms with E-state index < -0.39 is 5.41 Å². The van der Waals surface area contributed by atoms with E-state index in [1.807, 2.05) is 18.2 Å². The molecule has 0 aromatic heterocycles. The minimum atomic E-state index is -0.472. The average Bonchev–Trinajstić information content (AvgIpc) is 3.25. The predicted molar refractivity (Wildman–Crippen MR) is 124 cm³/mol. The van der Waals surface area contributed by atoms with Gasteiger partial charge in [-0.15, -0.1) is 0 Å². The predicted octanol–water partition coefficient (Wildman–Crippen LogP) is 6.03. The number of hydrogen-bond acceptors (Lipinski definition) is 5. The first kappa shape index (κ1) is 25.7. The second-order valence-electron chi connectivity index (χ2n) is 8.59. The van der Waals surface area contributed by atoms with Crippen LogP contribution in [0.15, 0.2) is 18.2 Å². The van der Waals surface area contributed by atoms with Gasteiger partial charge in [0.15, 0.2) is 11.5 Å². The Morgan fingerprint density at radius 3 is 2.00 bits per heavy atom. The zero-order valence-corrected chi connectivity index (χ0v) is 19.6. The van der Waals surface area contributed by atoms with E-state index in [4.69, 9.17) is 18.9 Å². The molecule has 175 valence electrons. The van der Waals surface area contributed by atoms with Crippen molar-refractivity contribution in [2.75, 3.05) is 33.2 Å². The van der Waals surface area contributed by atoms with E-state index in [0.717, 1.165) is 108 Å². The maximum Gasteiger partial charge on any atom is 0.231 e. The molecule has 1 aliphatic rings. The number of benzene rings is 1. The zero-order valence-electron chi connectivity index (χ0n) is 19.6. The highest BCUT2D eigenvalue weighted by atomic mass is 16.7. The minimum Gasteiger partial charge on any atom is -0.454 e. The third-order valence-electron chi connectivity index (χ3n) is 5.87. The van der Waals surface area contributed by atoms with E-state index in [2.05, 4.69) is 20.1 Å². The maximum absolute atomic E-state index is 12.2. The lowest BCUT2D eigenvalue weighted by molar-refractivity contribution is 0.121. The van der Waals surface area contributed by atoms with Crippen LogP contribution in [0.5, 0.6) is 11.5 Å². The quantitative estimate of drug-likeness (QED) is 0.249. The summed E-state index contributed by atoms with van der Waals surface area (Å²) in [5.41, 5.74) is 0.631. The van der Waals surface area contributed by atoms with Crippen LogP contribution in [-0.4, -0.2) is 39.5 Å². The third kappa shape index (κ3) is 9.61. The van der Waals surface area contributed by atoms with E-state index in [9.17, 15) is 4.79 Å². The van der Waals surface area contributed by atoms with Gasteiger partial charge < -0.3 is 18.9 Å². The Morgan fingerprint density at radius 2 is 1.42 bits per heavy atom. The van der Waals surface area contributed by atoms with Crippen LogP contribution in [0.25, 0.3) is 0 Å². The topological polar surface area (TPSA) is 54.0 Å². The van der Waals surface area contributed by atoms with Gasteiger partial charge in [-0.3, -0.25) is 4.79 Å². The molecule has 31 heavy (non-hydrogen) atoms. The third-order valence-corrected chi connectivity index (χ3v) is 5.87. The fraction of sp³-hybridized carbons (Fsp3) is 0.731. The molecule has 0 bridgehead atoms. The number of rotatable bonds is 19. The second-order valence-corrected chi connectivity index (χ2v) is 8.59. The number of carbonyl (C=O) groups excluding carboxylic acids is 1. The number of unbranched alkanes of at least 4 members (excludes halogenated alkanes) is 4. The van der Waals surface area contributed by atoms with Gasteiger partial charge in [0.1, 0.15) is 0 Å². The molecule has 0 saturated heterocycles. The molecule has 0 N–H and O–H groups in total. The maximum atomic E-state index is 12.2. The highest BCUT2D eigenvalue weighted by Gasteiger charge is 2.31. The van der Waals surface area contributed by atoms with E-state index in [0.29, 0.717) is 6.42 Å². The summed E-state index contributed by atoms with van der Waals surface area (Å²) in [5, 5.41) is 0. The SMILES string of the molecule is CCCCOCCCCC([C]=O)(CCCCOCCCC)Cc1ccc2c(c1)OCO2.